The number of ether oxygens (including phenoxy) is 1. The summed E-state index contributed by atoms with van der Waals surface area (Å²) in [5.74, 6) is -0.994. The average molecular weight is 401 g/mol. The number of benzene rings is 1. The van der Waals surface area contributed by atoms with E-state index in [-0.39, 0.29) is 18.4 Å². The third kappa shape index (κ3) is 3.83. The van der Waals surface area contributed by atoms with Gasteiger partial charge in [-0.05, 0) is 30.5 Å². The fraction of sp³-hybridized carbons (Fsp3) is 0.524. The van der Waals surface area contributed by atoms with Gasteiger partial charge in [0.15, 0.2) is 0 Å². The summed E-state index contributed by atoms with van der Waals surface area (Å²) in [7, 11) is 4.60. The van der Waals surface area contributed by atoms with Crippen molar-refractivity contribution < 1.29 is 23.9 Å². The number of esters is 1. The Morgan fingerprint density at radius 1 is 1.10 bits per heavy atom. The molecule has 8 nitrogen and oxygen atoms in total. The van der Waals surface area contributed by atoms with E-state index in [1.54, 1.807) is 38.4 Å². The van der Waals surface area contributed by atoms with Gasteiger partial charge in [-0.3, -0.25) is 14.5 Å². The van der Waals surface area contributed by atoms with Gasteiger partial charge in [-0.15, -0.1) is 0 Å². The maximum Gasteiger partial charge on any atom is 0.337 e. The molecule has 2 fully saturated rings. The summed E-state index contributed by atoms with van der Waals surface area (Å²) < 4.78 is 4.67. The molecule has 3 rings (SSSR count). The molecule has 1 saturated carbocycles. The summed E-state index contributed by atoms with van der Waals surface area (Å²) in [6.45, 7) is 0.0397. The normalized spacial score (nSPS) is 18.3. The van der Waals surface area contributed by atoms with Crippen LogP contribution in [0.15, 0.2) is 24.3 Å². The summed E-state index contributed by atoms with van der Waals surface area (Å²) in [4.78, 5) is 53.9. The highest BCUT2D eigenvalue weighted by Gasteiger charge is 2.55. The zero-order valence-electron chi connectivity index (χ0n) is 17.1. The highest BCUT2D eigenvalue weighted by Crippen LogP contribution is 2.39. The lowest BCUT2D eigenvalue weighted by Crippen LogP contribution is -2.49. The Balaban J connectivity index is 1.64. The van der Waals surface area contributed by atoms with Gasteiger partial charge in [-0.25, -0.2) is 9.59 Å². The van der Waals surface area contributed by atoms with Gasteiger partial charge >= 0.3 is 12.0 Å². The molecule has 29 heavy (non-hydrogen) atoms. The van der Waals surface area contributed by atoms with Gasteiger partial charge < -0.3 is 14.5 Å². The van der Waals surface area contributed by atoms with Crippen LogP contribution in [0.2, 0.25) is 0 Å². The van der Waals surface area contributed by atoms with Crippen LogP contribution in [0.3, 0.4) is 0 Å². The Bertz CT molecular complexity index is 814. The summed E-state index contributed by atoms with van der Waals surface area (Å²) in [5.41, 5.74) is 0.477. The summed E-state index contributed by atoms with van der Waals surface area (Å²) in [5, 5.41) is 0. The molecule has 0 aromatic heterocycles. The first-order chi connectivity index (χ1) is 13.8. The molecule has 0 bridgehead atoms. The van der Waals surface area contributed by atoms with Crippen LogP contribution in [0, 0.1) is 0 Å². The quantitative estimate of drug-likeness (QED) is 0.557. The standard InChI is InChI=1S/C21H27N3O5/c1-22(13-15-7-9-16(10-8-15)18(26)29-3)17(25)14-24-19(27)21(23(2)20(24)28)11-5-4-6-12-21/h7-10H,4-6,11-14H2,1-3H3. The molecule has 8 heteroatoms. The lowest BCUT2D eigenvalue weighted by atomic mass is 9.81. The van der Waals surface area contributed by atoms with E-state index < -0.39 is 17.5 Å². The Kier molecular flexibility index (Phi) is 5.91. The molecule has 1 saturated heterocycles. The second-order valence-corrected chi connectivity index (χ2v) is 7.76. The lowest BCUT2D eigenvalue weighted by molar-refractivity contribution is -0.140. The zero-order chi connectivity index (χ0) is 21.2. The van der Waals surface area contributed by atoms with Crippen LogP contribution < -0.4 is 0 Å². The number of imide groups is 1. The van der Waals surface area contributed by atoms with E-state index in [9.17, 15) is 19.2 Å². The molecule has 0 radical (unpaired) electrons. The summed E-state index contributed by atoms with van der Waals surface area (Å²) >= 11 is 0. The van der Waals surface area contributed by atoms with Crippen molar-refractivity contribution in [2.24, 2.45) is 0 Å². The van der Waals surface area contributed by atoms with E-state index in [1.807, 2.05) is 0 Å². The van der Waals surface area contributed by atoms with Crippen molar-refractivity contribution in [1.29, 1.82) is 0 Å². The van der Waals surface area contributed by atoms with Gasteiger partial charge in [0.25, 0.3) is 5.91 Å². The van der Waals surface area contributed by atoms with Gasteiger partial charge in [0.1, 0.15) is 12.1 Å². The molecule has 0 unspecified atom stereocenters. The Labute approximate surface area is 170 Å². The molecule has 1 aromatic rings. The van der Waals surface area contributed by atoms with Crippen LogP contribution in [0.4, 0.5) is 4.79 Å². The number of urea groups is 1. The topological polar surface area (TPSA) is 87.2 Å². The Morgan fingerprint density at radius 3 is 2.31 bits per heavy atom. The minimum atomic E-state index is -0.780. The van der Waals surface area contributed by atoms with Gasteiger partial charge in [0.05, 0.1) is 12.7 Å². The minimum Gasteiger partial charge on any atom is -0.465 e. The number of carbonyl (C=O) groups is 4. The van der Waals surface area contributed by atoms with Crippen LogP contribution in [0.1, 0.15) is 48.0 Å². The maximum absolute atomic E-state index is 13.0. The molecule has 156 valence electrons. The van der Waals surface area contributed by atoms with Crippen molar-refractivity contribution in [1.82, 2.24) is 14.7 Å². The Morgan fingerprint density at radius 2 is 1.72 bits per heavy atom. The highest BCUT2D eigenvalue weighted by atomic mass is 16.5. The molecule has 4 amide bonds. The predicted octanol–water partition coefficient (Wildman–Crippen LogP) is 2.03. The van der Waals surface area contributed by atoms with Crippen molar-refractivity contribution in [2.75, 3.05) is 27.7 Å². The van der Waals surface area contributed by atoms with Crippen LogP contribution in [-0.4, -0.2) is 71.8 Å². The molecular weight excluding hydrogens is 374 g/mol. The molecular formula is C21H27N3O5. The number of likely N-dealkylation sites (N-methyl/N-ethyl adjacent to an activating group) is 2. The first kappa shape index (κ1) is 20.8. The van der Waals surface area contributed by atoms with Crippen molar-refractivity contribution in [3.63, 3.8) is 0 Å². The minimum absolute atomic E-state index is 0.256. The number of hydrogen-bond acceptors (Lipinski definition) is 5. The summed E-state index contributed by atoms with van der Waals surface area (Å²) in [6.07, 6.45) is 4.19. The van der Waals surface area contributed by atoms with Gasteiger partial charge in [-0.1, -0.05) is 31.4 Å². The van der Waals surface area contributed by atoms with Gasteiger partial charge in [-0.2, -0.15) is 0 Å². The monoisotopic (exact) mass is 401 g/mol. The predicted molar refractivity (Wildman–Crippen MR) is 105 cm³/mol. The van der Waals surface area contributed by atoms with Crippen LogP contribution in [-0.2, 0) is 20.9 Å². The maximum atomic E-state index is 13.0. The molecule has 2 aliphatic rings. The largest absolute Gasteiger partial charge is 0.465 e. The van der Waals surface area contributed by atoms with E-state index in [0.717, 1.165) is 29.7 Å². The number of rotatable bonds is 5. The van der Waals surface area contributed by atoms with Crippen LogP contribution in [0.25, 0.3) is 0 Å². The van der Waals surface area contributed by atoms with Crippen molar-refractivity contribution in [3.8, 4) is 0 Å². The molecule has 1 spiro atoms. The smallest absolute Gasteiger partial charge is 0.337 e. The second-order valence-electron chi connectivity index (χ2n) is 7.76. The molecule has 0 N–H and O–H groups in total. The van der Waals surface area contributed by atoms with Crippen LogP contribution >= 0.6 is 0 Å². The first-order valence-electron chi connectivity index (χ1n) is 9.81. The molecule has 0 atom stereocenters. The first-order valence-corrected chi connectivity index (χ1v) is 9.81. The highest BCUT2D eigenvalue weighted by molar-refractivity contribution is 6.08. The number of amides is 4. The number of carbonyl (C=O) groups excluding carboxylic acids is 4. The van der Waals surface area contributed by atoms with Crippen molar-refractivity contribution in [3.05, 3.63) is 35.4 Å². The van der Waals surface area contributed by atoms with E-state index in [0.29, 0.717) is 24.9 Å². The molecule has 1 heterocycles. The third-order valence-electron chi connectivity index (χ3n) is 6.00. The van der Waals surface area contributed by atoms with E-state index >= 15 is 0 Å². The van der Waals surface area contributed by atoms with Crippen LogP contribution in [0.5, 0.6) is 0 Å². The van der Waals surface area contributed by atoms with Gasteiger partial charge in [0.2, 0.25) is 5.91 Å². The van der Waals surface area contributed by atoms with Crippen molar-refractivity contribution in [2.45, 2.75) is 44.2 Å². The van der Waals surface area contributed by atoms with E-state index in [2.05, 4.69) is 4.74 Å². The van der Waals surface area contributed by atoms with Crippen molar-refractivity contribution >= 4 is 23.8 Å². The third-order valence-corrected chi connectivity index (χ3v) is 6.00. The average Bonchev–Trinajstić information content (AvgIpc) is 2.90. The van der Waals surface area contributed by atoms with E-state index in [1.165, 1.54) is 16.9 Å². The fourth-order valence-electron chi connectivity index (χ4n) is 4.15. The molecule has 1 aromatic carbocycles. The van der Waals surface area contributed by atoms with E-state index in [4.69, 9.17) is 0 Å². The zero-order valence-corrected chi connectivity index (χ0v) is 17.1. The second kappa shape index (κ2) is 8.23. The SMILES string of the molecule is COC(=O)c1ccc(CN(C)C(=O)CN2C(=O)N(C)C3(CCCCC3)C2=O)cc1. The number of nitrogens with zero attached hydrogens (tertiary/aromatic N) is 3. The number of hydrogen-bond donors (Lipinski definition) is 0. The molecule has 1 aliphatic heterocycles. The Hall–Kier alpha value is -2.90. The summed E-state index contributed by atoms with van der Waals surface area (Å²) in [6, 6.07) is 6.35. The number of methoxy groups -OCH3 is 1. The van der Waals surface area contributed by atoms with Gasteiger partial charge in [0, 0.05) is 20.6 Å². The fourth-order valence-corrected chi connectivity index (χ4v) is 4.15. The molecule has 1 aliphatic carbocycles. The lowest BCUT2D eigenvalue weighted by Gasteiger charge is -2.35.